The van der Waals surface area contributed by atoms with Gasteiger partial charge in [-0.25, -0.2) is 4.98 Å². The summed E-state index contributed by atoms with van der Waals surface area (Å²) >= 11 is 0. The normalized spacial score (nSPS) is 24.7. The van der Waals surface area contributed by atoms with Gasteiger partial charge in [0.05, 0.1) is 13.2 Å². The molecule has 2 aliphatic rings. The average Bonchev–Trinajstić information content (AvgIpc) is 3.21. The molecule has 4 rings (SSSR count). The Balaban J connectivity index is 1.24. The third-order valence-corrected chi connectivity index (χ3v) is 5.72. The van der Waals surface area contributed by atoms with E-state index in [0.29, 0.717) is 24.0 Å². The summed E-state index contributed by atoms with van der Waals surface area (Å²) in [6.45, 7) is 3.00. The maximum absolute atomic E-state index is 13.3. The number of benzene rings is 1. The zero-order valence-electron chi connectivity index (χ0n) is 15.5. The van der Waals surface area contributed by atoms with Crippen molar-refractivity contribution in [3.8, 4) is 17.2 Å². The summed E-state index contributed by atoms with van der Waals surface area (Å²) in [4.78, 5) is 6.24. The summed E-state index contributed by atoms with van der Waals surface area (Å²) < 4.78 is 24.7. The highest BCUT2D eigenvalue weighted by molar-refractivity contribution is 5.31. The van der Waals surface area contributed by atoms with E-state index >= 15 is 0 Å². The number of nitrogens with zero attached hydrogens (tertiary/aromatic N) is 2. The summed E-state index contributed by atoms with van der Waals surface area (Å²) in [5.41, 5.74) is 0.683. The van der Waals surface area contributed by atoms with Crippen LogP contribution in [0.5, 0.6) is 17.2 Å². The third-order valence-electron chi connectivity index (χ3n) is 5.72. The highest BCUT2D eigenvalue weighted by Crippen LogP contribution is 2.39. The lowest BCUT2D eigenvalue weighted by molar-refractivity contribution is 0.185. The van der Waals surface area contributed by atoms with E-state index in [9.17, 15) is 9.50 Å². The Kier molecular flexibility index (Phi) is 5.16. The Morgan fingerprint density at radius 1 is 1.07 bits per heavy atom. The number of hydrogen-bond donors (Lipinski definition) is 1. The Hall–Kier alpha value is -2.34. The molecule has 6 heteroatoms. The van der Waals surface area contributed by atoms with Crippen LogP contribution in [0.2, 0.25) is 0 Å². The first-order valence-corrected chi connectivity index (χ1v) is 9.48. The molecule has 1 saturated heterocycles. The molecule has 144 valence electrons. The predicted molar refractivity (Wildman–Crippen MR) is 99.6 cm³/mol. The zero-order valence-corrected chi connectivity index (χ0v) is 15.5. The molecule has 2 heterocycles. The lowest BCUT2D eigenvalue weighted by atomic mass is 10.0. The fourth-order valence-electron chi connectivity index (χ4n) is 4.34. The number of halogens is 1. The van der Waals surface area contributed by atoms with Crippen LogP contribution in [0.1, 0.15) is 18.5 Å². The van der Waals surface area contributed by atoms with Crippen LogP contribution in [-0.2, 0) is 6.42 Å². The largest absolute Gasteiger partial charge is 0.504 e. The van der Waals surface area contributed by atoms with Gasteiger partial charge in [0.1, 0.15) is 11.5 Å². The minimum absolute atomic E-state index is 0.281. The van der Waals surface area contributed by atoms with Gasteiger partial charge in [0.25, 0.3) is 5.95 Å². The Labute approximate surface area is 158 Å². The van der Waals surface area contributed by atoms with Gasteiger partial charge in [-0.3, -0.25) is 0 Å². The van der Waals surface area contributed by atoms with Crippen molar-refractivity contribution in [2.45, 2.75) is 25.4 Å². The molecule has 27 heavy (non-hydrogen) atoms. The molecule has 2 aromatic rings. The molecule has 1 aromatic heterocycles. The van der Waals surface area contributed by atoms with Crippen LogP contribution in [0.4, 0.5) is 4.39 Å². The summed E-state index contributed by atoms with van der Waals surface area (Å²) in [7, 11) is 1.66. The van der Waals surface area contributed by atoms with Crippen LogP contribution < -0.4 is 9.47 Å². The van der Waals surface area contributed by atoms with Gasteiger partial charge >= 0.3 is 0 Å². The molecule has 1 aromatic carbocycles. The lowest BCUT2D eigenvalue weighted by Crippen LogP contribution is -2.26. The second-order valence-corrected chi connectivity index (χ2v) is 7.53. The monoisotopic (exact) mass is 372 g/mol. The van der Waals surface area contributed by atoms with Gasteiger partial charge in [-0.2, -0.15) is 4.39 Å². The first kappa shape index (κ1) is 18.0. The van der Waals surface area contributed by atoms with Crippen molar-refractivity contribution in [1.82, 2.24) is 9.88 Å². The maximum atomic E-state index is 13.3. The fraction of sp³-hybridized carbons (Fsp3) is 0.476. The predicted octanol–water partition coefficient (Wildman–Crippen LogP) is 3.27. The molecule has 1 unspecified atom stereocenters. The van der Waals surface area contributed by atoms with E-state index in [0.717, 1.165) is 44.0 Å². The second-order valence-electron chi connectivity index (χ2n) is 7.53. The number of ether oxygens (including phenoxy) is 2. The molecule has 1 aliphatic carbocycles. The van der Waals surface area contributed by atoms with Crippen molar-refractivity contribution in [1.29, 1.82) is 0 Å². The van der Waals surface area contributed by atoms with E-state index in [-0.39, 0.29) is 6.10 Å². The molecule has 0 spiro atoms. The van der Waals surface area contributed by atoms with E-state index in [4.69, 9.17) is 9.47 Å². The summed E-state index contributed by atoms with van der Waals surface area (Å²) in [5, 5.41) is 9.22. The van der Waals surface area contributed by atoms with E-state index in [1.54, 1.807) is 13.2 Å². The lowest BCUT2D eigenvalue weighted by Gasteiger charge is -2.19. The van der Waals surface area contributed by atoms with Crippen molar-refractivity contribution < 1.29 is 19.0 Å². The van der Waals surface area contributed by atoms with Gasteiger partial charge in [0.2, 0.25) is 0 Å². The number of aromatic hydroxyl groups is 1. The molecule has 5 nitrogen and oxygen atoms in total. The Morgan fingerprint density at radius 2 is 1.74 bits per heavy atom. The number of rotatable bonds is 6. The van der Waals surface area contributed by atoms with E-state index in [1.807, 2.05) is 24.3 Å². The van der Waals surface area contributed by atoms with Crippen LogP contribution in [-0.4, -0.2) is 47.8 Å². The van der Waals surface area contributed by atoms with Crippen LogP contribution in [0.15, 0.2) is 36.4 Å². The second kappa shape index (κ2) is 7.72. The highest BCUT2D eigenvalue weighted by Gasteiger charge is 2.41. The number of fused-ring (bicyclic) bond motifs is 1. The molecule has 1 aliphatic heterocycles. The van der Waals surface area contributed by atoms with Gasteiger partial charge < -0.3 is 19.5 Å². The first-order valence-electron chi connectivity index (χ1n) is 9.48. The van der Waals surface area contributed by atoms with Crippen molar-refractivity contribution in [2.24, 2.45) is 11.8 Å². The fourth-order valence-corrected chi connectivity index (χ4v) is 4.34. The van der Waals surface area contributed by atoms with Crippen LogP contribution in [0, 0.1) is 17.8 Å². The van der Waals surface area contributed by atoms with E-state index in [1.165, 1.54) is 6.07 Å². The van der Waals surface area contributed by atoms with Gasteiger partial charge in [-0.1, -0.05) is 0 Å². The number of hydrogen-bond acceptors (Lipinski definition) is 5. The smallest absolute Gasteiger partial charge is 0.255 e. The SMILES string of the molecule is COc1ccc(OC2C[C@@H]3CN(CCc4ccc(O)c(F)n4)C[C@@H]3C2)cc1. The number of pyridine rings is 1. The average molecular weight is 372 g/mol. The van der Waals surface area contributed by atoms with Gasteiger partial charge in [0, 0.05) is 31.7 Å². The molecule has 0 radical (unpaired) electrons. The first-order chi connectivity index (χ1) is 13.1. The summed E-state index contributed by atoms with van der Waals surface area (Å²) in [6, 6.07) is 10.8. The molecule has 1 N–H and O–H groups in total. The molecule has 0 amide bonds. The molecular weight excluding hydrogens is 347 g/mol. The van der Waals surface area contributed by atoms with Gasteiger partial charge in [0.15, 0.2) is 5.75 Å². The van der Waals surface area contributed by atoms with Crippen LogP contribution in [0.25, 0.3) is 0 Å². The zero-order chi connectivity index (χ0) is 18.8. The van der Waals surface area contributed by atoms with Crippen molar-refractivity contribution >= 4 is 0 Å². The Bertz CT molecular complexity index is 769. The standard InChI is InChI=1S/C21H25FN2O3/c1-26-17-3-5-18(6-4-17)27-19-10-14-12-24(13-15(14)11-19)9-8-16-2-7-20(25)21(22)23-16/h2-7,14-15,19,25H,8-13H2,1H3/t14-,15+,19?. The minimum Gasteiger partial charge on any atom is -0.504 e. The van der Waals surface area contributed by atoms with E-state index < -0.39 is 11.7 Å². The topological polar surface area (TPSA) is 54.8 Å². The van der Waals surface area contributed by atoms with Crippen molar-refractivity contribution in [2.75, 3.05) is 26.7 Å². The third kappa shape index (κ3) is 4.16. The van der Waals surface area contributed by atoms with Gasteiger partial charge in [-0.15, -0.1) is 0 Å². The molecule has 3 atom stereocenters. The van der Waals surface area contributed by atoms with Crippen molar-refractivity contribution in [3.63, 3.8) is 0 Å². The summed E-state index contributed by atoms with van der Waals surface area (Å²) in [6.07, 6.45) is 3.14. The van der Waals surface area contributed by atoms with E-state index in [2.05, 4.69) is 9.88 Å². The number of methoxy groups -OCH3 is 1. The highest BCUT2D eigenvalue weighted by atomic mass is 19.1. The quantitative estimate of drug-likeness (QED) is 0.789. The van der Waals surface area contributed by atoms with Crippen molar-refractivity contribution in [3.05, 3.63) is 48.0 Å². The number of aromatic nitrogens is 1. The molecule has 2 fully saturated rings. The van der Waals surface area contributed by atoms with Gasteiger partial charge in [-0.05, 0) is 61.1 Å². The molecule has 0 bridgehead atoms. The summed E-state index contributed by atoms with van der Waals surface area (Å²) in [5.74, 6) is 1.89. The molecule has 1 saturated carbocycles. The maximum Gasteiger partial charge on any atom is 0.255 e. The minimum atomic E-state index is -0.788. The number of likely N-dealkylation sites (tertiary alicyclic amines) is 1. The van der Waals surface area contributed by atoms with Crippen LogP contribution >= 0.6 is 0 Å². The molecular formula is C21H25FN2O3. The van der Waals surface area contributed by atoms with Crippen LogP contribution in [0.3, 0.4) is 0 Å². The Morgan fingerprint density at radius 3 is 2.37 bits per heavy atom.